The zero-order chi connectivity index (χ0) is 32.4. The van der Waals surface area contributed by atoms with Gasteiger partial charge in [0, 0.05) is 29.6 Å². The fourth-order valence-electron chi connectivity index (χ4n) is 4.70. The van der Waals surface area contributed by atoms with E-state index in [2.05, 4.69) is 25.9 Å². The first-order valence-electron chi connectivity index (χ1n) is 14.1. The van der Waals surface area contributed by atoms with Crippen molar-refractivity contribution in [3.63, 3.8) is 0 Å². The van der Waals surface area contributed by atoms with Crippen LogP contribution in [0, 0.1) is 13.8 Å². The van der Waals surface area contributed by atoms with E-state index in [0.717, 1.165) is 10.5 Å². The molecule has 15 nitrogen and oxygen atoms in total. The van der Waals surface area contributed by atoms with Crippen LogP contribution in [0.2, 0.25) is 0 Å². The summed E-state index contributed by atoms with van der Waals surface area (Å²) in [6.45, 7) is 2.86. The summed E-state index contributed by atoms with van der Waals surface area (Å²) in [4.78, 5) is 57.2. The number of anilines is 3. The number of hydrogen-bond donors (Lipinski definition) is 3. The van der Waals surface area contributed by atoms with Crippen molar-refractivity contribution in [2.24, 2.45) is 0 Å². The number of carbonyl (C=O) groups excluding carboxylic acids is 4. The molecule has 3 amide bonds. The Balaban J connectivity index is 1.19. The third kappa shape index (κ3) is 6.19. The highest BCUT2D eigenvalue weighted by Crippen LogP contribution is 2.32. The Hall–Kier alpha value is -6.25. The number of aromatic nitrogens is 4. The predicted octanol–water partition coefficient (Wildman–Crippen LogP) is 4.59. The lowest BCUT2D eigenvalue weighted by Crippen LogP contribution is -2.39. The van der Waals surface area contributed by atoms with Crippen LogP contribution in [-0.2, 0) is 9.47 Å². The van der Waals surface area contributed by atoms with Gasteiger partial charge in [-0.25, -0.2) is 24.0 Å². The number of aryl methyl sites for hydroxylation is 2. The molecule has 15 heteroatoms. The molecule has 1 aliphatic carbocycles. The normalized spacial score (nSPS) is 12.4. The summed E-state index contributed by atoms with van der Waals surface area (Å²) in [5, 5.41) is 23.2. The second kappa shape index (κ2) is 12.4. The van der Waals surface area contributed by atoms with Gasteiger partial charge in [-0.2, -0.15) is 5.10 Å². The standard InChI is InChI=1S/C31H27N7O8/c1-17-3-4-20(28(40)35-25-11-12-46-36-25)13-24(17)34-27-26-18(2)23(14-37(26)33-15-32-27)29(41)38(21-7-8-21)31(43)45-16-44-30(42)19-5-9-22(39)10-6-19/h3-6,9-15,21,39H,7-8,16H2,1-2H3,(H,32,33,34)(H,35,36,40). The van der Waals surface area contributed by atoms with E-state index in [0.29, 0.717) is 41.0 Å². The van der Waals surface area contributed by atoms with E-state index in [-0.39, 0.29) is 28.7 Å². The second-order valence-corrected chi connectivity index (χ2v) is 10.5. The molecule has 1 aliphatic rings. The molecule has 0 bridgehead atoms. The van der Waals surface area contributed by atoms with Crippen molar-refractivity contribution >= 4 is 46.7 Å². The maximum atomic E-state index is 13.7. The van der Waals surface area contributed by atoms with E-state index >= 15 is 0 Å². The Bertz CT molecular complexity index is 1950. The van der Waals surface area contributed by atoms with Crippen LogP contribution in [0.15, 0.2) is 71.8 Å². The number of amides is 3. The highest BCUT2D eigenvalue weighted by atomic mass is 16.7. The first kappa shape index (κ1) is 29.8. The number of ether oxygens (including phenoxy) is 2. The highest BCUT2D eigenvalue weighted by molar-refractivity contribution is 6.07. The average molecular weight is 626 g/mol. The molecule has 0 spiro atoms. The smallest absolute Gasteiger partial charge is 0.419 e. The molecule has 1 saturated carbocycles. The number of carbonyl (C=O) groups is 4. The predicted molar refractivity (Wildman–Crippen MR) is 161 cm³/mol. The van der Waals surface area contributed by atoms with Gasteiger partial charge in [0.1, 0.15) is 23.9 Å². The minimum atomic E-state index is -0.957. The highest BCUT2D eigenvalue weighted by Gasteiger charge is 2.40. The van der Waals surface area contributed by atoms with E-state index in [9.17, 15) is 24.3 Å². The zero-order valence-electron chi connectivity index (χ0n) is 24.6. The SMILES string of the molecule is Cc1ccc(C(=O)Nc2ccon2)cc1Nc1ncnn2cc(C(=O)N(C(=O)OCOC(=O)c3ccc(O)cc3)C3CC3)c(C)c12. The van der Waals surface area contributed by atoms with Crippen LogP contribution in [-0.4, -0.2) is 66.5 Å². The van der Waals surface area contributed by atoms with E-state index in [4.69, 9.17) is 14.0 Å². The van der Waals surface area contributed by atoms with Crippen LogP contribution in [0.3, 0.4) is 0 Å². The molecule has 5 aromatic rings. The number of imide groups is 1. The van der Waals surface area contributed by atoms with E-state index < -0.39 is 30.7 Å². The van der Waals surface area contributed by atoms with Crippen molar-refractivity contribution in [1.82, 2.24) is 24.7 Å². The molecule has 234 valence electrons. The van der Waals surface area contributed by atoms with Crippen LogP contribution in [0.5, 0.6) is 5.75 Å². The lowest BCUT2D eigenvalue weighted by atomic mass is 10.1. The van der Waals surface area contributed by atoms with Crippen molar-refractivity contribution in [1.29, 1.82) is 0 Å². The second-order valence-electron chi connectivity index (χ2n) is 10.5. The molecule has 0 atom stereocenters. The third-order valence-electron chi connectivity index (χ3n) is 7.29. The Morgan fingerprint density at radius 2 is 1.80 bits per heavy atom. The summed E-state index contributed by atoms with van der Waals surface area (Å²) >= 11 is 0. The Morgan fingerprint density at radius 1 is 1.04 bits per heavy atom. The van der Waals surface area contributed by atoms with Gasteiger partial charge in [-0.3, -0.25) is 9.59 Å². The topological polar surface area (TPSA) is 190 Å². The maximum absolute atomic E-state index is 13.7. The lowest BCUT2D eigenvalue weighted by Gasteiger charge is -2.19. The summed E-state index contributed by atoms with van der Waals surface area (Å²) in [6.07, 6.45) is 4.42. The minimum Gasteiger partial charge on any atom is -0.508 e. The quantitative estimate of drug-likeness (QED) is 0.153. The van der Waals surface area contributed by atoms with Crippen LogP contribution in [0.4, 0.5) is 22.1 Å². The Kier molecular flexibility index (Phi) is 8.03. The van der Waals surface area contributed by atoms with Gasteiger partial charge < -0.3 is 29.7 Å². The number of benzene rings is 2. The average Bonchev–Trinajstić information content (AvgIpc) is 3.62. The first-order valence-corrected chi connectivity index (χ1v) is 14.1. The van der Waals surface area contributed by atoms with Gasteiger partial charge in [-0.15, -0.1) is 0 Å². The Morgan fingerprint density at radius 3 is 2.52 bits per heavy atom. The number of aromatic hydroxyl groups is 1. The summed E-state index contributed by atoms with van der Waals surface area (Å²) < 4.78 is 16.4. The largest absolute Gasteiger partial charge is 0.508 e. The van der Waals surface area contributed by atoms with Crippen molar-refractivity contribution in [3.05, 3.63) is 95.1 Å². The van der Waals surface area contributed by atoms with E-state index in [1.54, 1.807) is 25.1 Å². The van der Waals surface area contributed by atoms with E-state index in [1.807, 2.05) is 6.92 Å². The minimum absolute atomic E-state index is 0.0160. The molecule has 3 aromatic heterocycles. The number of nitrogens with one attached hydrogen (secondary N) is 2. The number of hydrogen-bond acceptors (Lipinski definition) is 12. The summed E-state index contributed by atoms with van der Waals surface area (Å²) in [7, 11) is 0. The lowest BCUT2D eigenvalue weighted by molar-refractivity contribution is -0.0110. The number of nitrogens with zero attached hydrogens (tertiary/aromatic N) is 5. The number of rotatable bonds is 9. The molecule has 3 heterocycles. The van der Waals surface area contributed by atoms with Gasteiger partial charge in [0.15, 0.2) is 11.6 Å². The summed E-state index contributed by atoms with van der Waals surface area (Å²) in [6, 6.07) is 11.6. The molecule has 0 saturated heterocycles. The molecular weight excluding hydrogens is 598 g/mol. The fraction of sp³-hybridized carbons (Fsp3) is 0.194. The summed E-state index contributed by atoms with van der Waals surface area (Å²) in [5.74, 6) is -1.13. The van der Waals surface area contributed by atoms with Gasteiger partial charge in [0.25, 0.3) is 11.8 Å². The summed E-state index contributed by atoms with van der Waals surface area (Å²) in [5.41, 5.74) is 3.11. The Labute approximate surface area is 260 Å². The van der Waals surface area contributed by atoms with Crippen LogP contribution < -0.4 is 10.6 Å². The molecular formula is C31H27N7O8. The zero-order valence-corrected chi connectivity index (χ0v) is 24.6. The van der Waals surface area contributed by atoms with E-state index in [1.165, 1.54) is 53.6 Å². The van der Waals surface area contributed by atoms with Crippen LogP contribution >= 0.6 is 0 Å². The third-order valence-corrected chi connectivity index (χ3v) is 7.29. The van der Waals surface area contributed by atoms with Crippen LogP contribution in [0.1, 0.15) is 55.0 Å². The van der Waals surface area contributed by atoms with Gasteiger partial charge in [0.2, 0.25) is 6.79 Å². The number of phenolic OH excluding ortho intramolecular Hbond substituents is 1. The molecule has 1 fully saturated rings. The van der Waals surface area contributed by atoms with Gasteiger partial charge in [-0.1, -0.05) is 11.2 Å². The molecule has 2 aromatic carbocycles. The fourth-order valence-corrected chi connectivity index (χ4v) is 4.70. The van der Waals surface area contributed by atoms with Gasteiger partial charge in [0.05, 0.1) is 11.1 Å². The molecule has 0 unspecified atom stereocenters. The molecule has 3 N–H and O–H groups in total. The monoisotopic (exact) mass is 625 g/mol. The number of phenols is 1. The number of fused-ring (bicyclic) bond motifs is 1. The molecule has 46 heavy (non-hydrogen) atoms. The number of esters is 1. The molecule has 0 radical (unpaired) electrons. The maximum Gasteiger partial charge on any atom is 0.419 e. The van der Waals surface area contributed by atoms with Crippen molar-refractivity contribution in [2.45, 2.75) is 32.7 Å². The molecule has 6 rings (SSSR count). The van der Waals surface area contributed by atoms with Crippen molar-refractivity contribution in [3.8, 4) is 5.75 Å². The van der Waals surface area contributed by atoms with Crippen molar-refractivity contribution < 1.29 is 38.3 Å². The van der Waals surface area contributed by atoms with Crippen LogP contribution in [0.25, 0.3) is 5.52 Å². The van der Waals surface area contributed by atoms with Crippen molar-refractivity contribution in [2.75, 3.05) is 17.4 Å². The van der Waals surface area contributed by atoms with Gasteiger partial charge in [-0.05, 0) is 74.2 Å². The van der Waals surface area contributed by atoms with Gasteiger partial charge >= 0.3 is 12.1 Å². The molecule has 0 aliphatic heterocycles. The first-order chi connectivity index (χ1) is 22.2.